The number of aromatic nitrogens is 1. The lowest BCUT2D eigenvalue weighted by Gasteiger charge is -2.26. The van der Waals surface area contributed by atoms with E-state index in [1.807, 2.05) is 4.90 Å². The lowest BCUT2D eigenvalue weighted by atomic mass is 10.1. The minimum absolute atomic E-state index is 0.0183. The van der Waals surface area contributed by atoms with Crippen molar-refractivity contribution in [2.75, 3.05) is 6.54 Å². The second kappa shape index (κ2) is 3.47. The lowest BCUT2D eigenvalue weighted by molar-refractivity contribution is 0.0694. The van der Waals surface area contributed by atoms with Crippen LogP contribution in [0.3, 0.4) is 0 Å². The summed E-state index contributed by atoms with van der Waals surface area (Å²) in [5.74, 6) is 0.528. The van der Waals surface area contributed by atoms with E-state index in [0.29, 0.717) is 12.0 Å². The van der Waals surface area contributed by atoms with E-state index in [9.17, 15) is 9.90 Å². The highest BCUT2D eigenvalue weighted by molar-refractivity contribution is 5.95. The predicted octanol–water partition coefficient (Wildman–Crippen LogP) is 1.41. The van der Waals surface area contributed by atoms with Crippen LogP contribution < -0.4 is 0 Å². The highest BCUT2D eigenvalue weighted by Gasteiger charge is 2.41. The van der Waals surface area contributed by atoms with Crippen molar-refractivity contribution in [3.05, 3.63) is 24.0 Å². The van der Waals surface area contributed by atoms with Gasteiger partial charge in [0.25, 0.3) is 5.91 Å². The third kappa shape index (κ3) is 1.37. The first kappa shape index (κ1) is 9.63. The molecule has 2 unspecified atom stereocenters. The number of fused-ring (bicyclic) bond motifs is 2. The number of hydrogen-bond acceptors (Lipinski definition) is 3. The van der Waals surface area contributed by atoms with Crippen LogP contribution in [0.5, 0.6) is 5.75 Å². The van der Waals surface area contributed by atoms with Crippen LogP contribution in [-0.4, -0.2) is 33.5 Å². The molecule has 4 heteroatoms. The summed E-state index contributed by atoms with van der Waals surface area (Å²) < 4.78 is 0. The first-order valence-electron chi connectivity index (χ1n) is 5.70. The molecule has 1 aliphatic carbocycles. The number of amides is 1. The smallest absolute Gasteiger partial charge is 0.276 e. The Balaban J connectivity index is 1.86. The van der Waals surface area contributed by atoms with Crippen molar-refractivity contribution >= 4 is 5.91 Å². The molecule has 1 amide bonds. The molecule has 1 saturated heterocycles. The molecule has 1 aromatic heterocycles. The average Bonchev–Trinajstić information content (AvgIpc) is 2.90. The summed E-state index contributed by atoms with van der Waals surface area (Å²) in [6.07, 6.45) is 5.01. The van der Waals surface area contributed by atoms with Crippen LogP contribution in [0.15, 0.2) is 18.3 Å². The number of piperidine rings is 1. The molecule has 2 atom stereocenters. The van der Waals surface area contributed by atoms with Gasteiger partial charge < -0.3 is 10.0 Å². The Bertz CT molecular complexity index is 433. The third-order valence-corrected chi connectivity index (χ3v) is 3.66. The average molecular weight is 218 g/mol. The van der Waals surface area contributed by atoms with Gasteiger partial charge in [-0.3, -0.25) is 4.79 Å². The van der Waals surface area contributed by atoms with Crippen molar-refractivity contribution in [3.8, 4) is 5.75 Å². The zero-order valence-corrected chi connectivity index (χ0v) is 8.97. The van der Waals surface area contributed by atoms with E-state index in [0.717, 1.165) is 19.4 Å². The van der Waals surface area contributed by atoms with Gasteiger partial charge in [0, 0.05) is 18.8 Å². The fraction of sp³-hybridized carbons (Fsp3) is 0.500. The Morgan fingerprint density at radius 1 is 1.50 bits per heavy atom. The summed E-state index contributed by atoms with van der Waals surface area (Å²) in [7, 11) is 0. The molecular weight excluding hydrogens is 204 g/mol. The summed E-state index contributed by atoms with van der Waals surface area (Å²) in [5.41, 5.74) is 0.190. The van der Waals surface area contributed by atoms with E-state index in [4.69, 9.17) is 0 Å². The summed E-state index contributed by atoms with van der Waals surface area (Å²) in [5, 5.41) is 9.60. The number of rotatable bonds is 1. The van der Waals surface area contributed by atoms with Gasteiger partial charge in [-0.1, -0.05) is 0 Å². The van der Waals surface area contributed by atoms with Crippen molar-refractivity contribution in [2.45, 2.75) is 25.3 Å². The predicted molar refractivity (Wildman–Crippen MR) is 58.1 cm³/mol. The molecule has 1 aromatic rings. The number of carbonyl (C=O) groups excluding carboxylic acids is 1. The Labute approximate surface area is 93.9 Å². The summed E-state index contributed by atoms with van der Waals surface area (Å²) in [4.78, 5) is 18.0. The molecule has 1 aliphatic heterocycles. The topological polar surface area (TPSA) is 53.4 Å². The molecule has 1 saturated carbocycles. The Hall–Kier alpha value is -1.58. The Morgan fingerprint density at radius 3 is 3.00 bits per heavy atom. The molecule has 2 aliphatic rings. The number of aromatic hydroxyl groups is 1. The van der Waals surface area contributed by atoms with E-state index >= 15 is 0 Å². The van der Waals surface area contributed by atoms with Gasteiger partial charge >= 0.3 is 0 Å². The molecule has 84 valence electrons. The van der Waals surface area contributed by atoms with Gasteiger partial charge in [0.15, 0.2) is 5.69 Å². The molecule has 2 heterocycles. The van der Waals surface area contributed by atoms with Crippen molar-refractivity contribution in [1.82, 2.24) is 9.88 Å². The van der Waals surface area contributed by atoms with Gasteiger partial charge in [-0.15, -0.1) is 0 Å². The van der Waals surface area contributed by atoms with Crippen molar-refractivity contribution in [2.24, 2.45) is 5.92 Å². The normalized spacial score (nSPS) is 27.4. The highest BCUT2D eigenvalue weighted by atomic mass is 16.3. The quantitative estimate of drug-likeness (QED) is 0.775. The maximum atomic E-state index is 12.2. The molecule has 2 bridgehead atoms. The minimum atomic E-state index is -0.120. The van der Waals surface area contributed by atoms with Crippen molar-refractivity contribution < 1.29 is 9.90 Å². The maximum absolute atomic E-state index is 12.2. The monoisotopic (exact) mass is 218 g/mol. The second-order valence-electron chi connectivity index (χ2n) is 4.66. The van der Waals surface area contributed by atoms with E-state index in [1.165, 1.54) is 12.5 Å². The Kier molecular flexibility index (Phi) is 2.09. The molecule has 2 fully saturated rings. The van der Waals surface area contributed by atoms with Crippen LogP contribution in [0.2, 0.25) is 0 Å². The summed E-state index contributed by atoms with van der Waals surface area (Å²) >= 11 is 0. The maximum Gasteiger partial charge on any atom is 0.276 e. The zero-order valence-electron chi connectivity index (χ0n) is 8.97. The fourth-order valence-corrected chi connectivity index (χ4v) is 2.87. The van der Waals surface area contributed by atoms with Gasteiger partial charge in [0.2, 0.25) is 0 Å². The van der Waals surface area contributed by atoms with Crippen LogP contribution in [0.25, 0.3) is 0 Å². The zero-order chi connectivity index (χ0) is 11.1. The fourth-order valence-electron chi connectivity index (χ4n) is 2.87. The molecular formula is C12H14N2O2. The Morgan fingerprint density at radius 2 is 2.38 bits per heavy atom. The lowest BCUT2D eigenvalue weighted by Crippen LogP contribution is -2.38. The third-order valence-electron chi connectivity index (χ3n) is 3.66. The first-order chi connectivity index (χ1) is 7.75. The van der Waals surface area contributed by atoms with Crippen LogP contribution in [0.4, 0.5) is 0 Å². The molecule has 3 rings (SSSR count). The number of hydrogen-bond donors (Lipinski definition) is 1. The molecule has 1 N–H and O–H groups in total. The number of carbonyl (C=O) groups is 1. The molecule has 0 aromatic carbocycles. The second-order valence-corrected chi connectivity index (χ2v) is 4.66. The van der Waals surface area contributed by atoms with Crippen LogP contribution in [0.1, 0.15) is 29.8 Å². The van der Waals surface area contributed by atoms with Crippen molar-refractivity contribution in [1.29, 1.82) is 0 Å². The van der Waals surface area contributed by atoms with Gasteiger partial charge in [0.05, 0.1) is 0 Å². The number of nitrogens with zero attached hydrogens (tertiary/aromatic N) is 2. The van der Waals surface area contributed by atoms with E-state index in [2.05, 4.69) is 4.98 Å². The summed E-state index contributed by atoms with van der Waals surface area (Å²) in [6, 6.07) is 3.51. The summed E-state index contributed by atoms with van der Waals surface area (Å²) in [6.45, 7) is 0.833. The SMILES string of the molecule is O=C(c1ncccc1O)N1CC2CCC1C2. The minimum Gasteiger partial charge on any atom is -0.505 e. The van der Waals surface area contributed by atoms with Gasteiger partial charge in [-0.25, -0.2) is 4.98 Å². The molecule has 16 heavy (non-hydrogen) atoms. The van der Waals surface area contributed by atoms with E-state index in [1.54, 1.807) is 12.3 Å². The van der Waals surface area contributed by atoms with E-state index < -0.39 is 0 Å². The standard InChI is InChI=1S/C12H14N2O2/c15-10-2-1-5-13-11(10)12(16)14-7-8-3-4-9(14)6-8/h1-2,5,8-9,15H,3-4,6-7H2. The van der Waals surface area contributed by atoms with Gasteiger partial charge in [-0.2, -0.15) is 0 Å². The first-order valence-corrected chi connectivity index (χ1v) is 5.70. The number of likely N-dealkylation sites (tertiary alicyclic amines) is 1. The molecule has 0 radical (unpaired) electrons. The largest absolute Gasteiger partial charge is 0.505 e. The molecule has 0 spiro atoms. The van der Waals surface area contributed by atoms with Crippen molar-refractivity contribution in [3.63, 3.8) is 0 Å². The van der Waals surface area contributed by atoms with Gasteiger partial charge in [0.1, 0.15) is 5.75 Å². The van der Waals surface area contributed by atoms with E-state index in [-0.39, 0.29) is 17.4 Å². The van der Waals surface area contributed by atoms with Gasteiger partial charge in [-0.05, 0) is 37.3 Å². The van der Waals surface area contributed by atoms with Crippen LogP contribution in [0, 0.1) is 5.92 Å². The van der Waals surface area contributed by atoms with Crippen LogP contribution >= 0.6 is 0 Å². The molecule has 4 nitrogen and oxygen atoms in total. The highest BCUT2D eigenvalue weighted by Crippen LogP contribution is 2.38. The van der Waals surface area contributed by atoms with Crippen LogP contribution in [-0.2, 0) is 0 Å². The number of pyridine rings is 1.